The Hall–Kier alpha value is -1.89. The van der Waals surface area contributed by atoms with Crippen molar-refractivity contribution in [1.29, 1.82) is 0 Å². The topological polar surface area (TPSA) is 74.3 Å². The van der Waals surface area contributed by atoms with E-state index in [1.807, 2.05) is 0 Å². The summed E-state index contributed by atoms with van der Waals surface area (Å²) in [6, 6.07) is 2.01. The number of hydrogen-bond donors (Lipinski definition) is 2. The molecule has 0 aromatic carbocycles. The number of nitrogens with zero attached hydrogens (tertiary/aromatic N) is 2. The molecule has 2 atom stereocenters. The van der Waals surface area contributed by atoms with Gasteiger partial charge in [-0.2, -0.15) is 0 Å². The molecule has 3 amide bonds. The number of anilines is 1. The number of aromatic nitrogens is 1. The van der Waals surface area contributed by atoms with E-state index in [1.54, 1.807) is 13.0 Å². The number of alkyl halides is 1. The van der Waals surface area contributed by atoms with E-state index in [0.29, 0.717) is 5.02 Å². The summed E-state index contributed by atoms with van der Waals surface area (Å²) in [5, 5.41) is 5.51. The molecule has 1 fully saturated rings. The number of nitrogens with one attached hydrogen (secondary N) is 2. The first-order valence-electron chi connectivity index (χ1n) is 6.61. The second kappa shape index (κ2) is 6.71. The molecule has 0 unspecified atom stereocenters. The maximum Gasteiger partial charge on any atom is 0.318 e. The zero-order chi connectivity index (χ0) is 15.4. The maximum atomic E-state index is 13.8. The standard InChI is InChI=1S/C13H16ClFN4O2/c1-2-9(15)10-6-17-13(21)19(10)7-12(20)18-11-5-8(14)3-4-16-11/h3-5,9-10H,2,6-7H2,1H3,(H,17,21)(H,16,18,20)/t9-,10+/m0/s1. The Balaban J connectivity index is 1.99. The third-order valence-corrected chi connectivity index (χ3v) is 3.47. The zero-order valence-corrected chi connectivity index (χ0v) is 12.2. The van der Waals surface area contributed by atoms with Crippen LogP contribution in [0, 0.1) is 0 Å². The molecule has 2 N–H and O–H groups in total. The van der Waals surface area contributed by atoms with E-state index in [2.05, 4.69) is 15.6 Å². The Morgan fingerprint density at radius 1 is 1.71 bits per heavy atom. The minimum atomic E-state index is -1.17. The SMILES string of the molecule is CC[C@H](F)[C@H]1CNC(=O)N1CC(=O)Nc1cc(Cl)ccn1. The monoisotopic (exact) mass is 314 g/mol. The van der Waals surface area contributed by atoms with Crippen molar-refractivity contribution >= 4 is 29.4 Å². The minimum Gasteiger partial charge on any atom is -0.336 e. The molecule has 1 aromatic heterocycles. The first-order chi connectivity index (χ1) is 10.0. The number of rotatable bonds is 5. The van der Waals surface area contributed by atoms with Crippen LogP contribution in [0.15, 0.2) is 18.3 Å². The highest BCUT2D eigenvalue weighted by molar-refractivity contribution is 6.30. The summed E-state index contributed by atoms with van der Waals surface area (Å²) in [5.41, 5.74) is 0. The fraction of sp³-hybridized carbons (Fsp3) is 0.462. The molecule has 6 nitrogen and oxygen atoms in total. The van der Waals surface area contributed by atoms with Crippen molar-refractivity contribution in [2.45, 2.75) is 25.6 Å². The van der Waals surface area contributed by atoms with Crippen molar-refractivity contribution < 1.29 is 14.0 Å². The third-order valence-electron chi connectivity index (χ3n) is 3.23. The van der Waals surface area contributed by atoms with Crippen LogP contribution in [0.25, 0.3) is 0 Å². The van der Waals surface area contributed by atoms with Gasteiger partial charge in [-0.15, -0.1) is 0 Å². The molecule has 0 spiro atoms. The van der Waals surface area contributed by atoms with Crippen LogP contribution in [0.3, 0.4) is 0 Å². The van der Waals surface area contributed by atoms with E-state index in [9.17, 15) is 14.0 Å². The van der Waals surface area contributed by atoms with Gasteiger partial charge in [-0.05, 0) is 18.6 Å². The van der Waals surface area contributed by atoms with Gasteiger partial charge in [-0.3, -0.25) is 4.79 Å². The lowest BCUT2D eigenvalue weighted by Crippen LogP contribution is -2.44. The van der Waals surface area contributed by atoms with Crippen LogP contribution in [0.2, 0.25) is 5.02 Å². The van der Waals surface area contributed by atoms with Gasteiger partial charge >= 0.3 is 6.03 Å². The van der Waals surface area contributed by atoms with Crippen LogP contribution in [-0.2, 0) is 4.79 Å². The second-order valence-corrected chi connectivity index (χ2v) is 5.15. The lowest BCUT2D eigenvalue weighted by molar-refractivity contribution is -0.117. The zero-order valence-electron chi connectivity index (χ0n) is 11.5. The molecule has 0 saturated carbocycles. The highest BCUT2D eigenvalue weighted by Crippen LogP contribution is 2.17. The number of carbonyl (C=O) groups is 2. The average molecular weight is 315 g/mol. The van der Waals surface area contributed by atoms with Crippen LogP contribution >= 0.6 is 11.6 Å². The van der Waals surface area contributed by atoms with Crippen LogP contribution < -0.4 is 10.6 Å². The molecule has 0 radical (unpaired) electrons. The number of carbonyl (C=O) groups excluding carboxylic acids is 2. The first-order valence-corrected chi connectivity index (χ1v) is 6.99. The average Bonchev–Trinajstić information content (AvgIpc) is 2.79. The van der Waals surface area contributed by atoms with Crippen molar-refractivity contribution in [3.8, 4) is 0 Å². The first kappa shape index (κ1) is 15.5. The molecule has 2 rings (SSSR count). The summed E-state index contributed by atoms with van der Waals surface area (Å²) in [6.07, 6.45) is 0.576. The molecule has 114 valence electrons. The van der Waals surface area contributed by atoms with Crippen LogP contribution in [0.5, 0.6) is 0 Å². The van der Waals surface area contributed by atoms with Gasteiger partial charge in [0.2, 0.25) is 5.91 Å². The highest BCUT2D eigenvalue weighted by Gasteiger charge is 2.36. The van der Waals surface area contributed by atoms with Gasteiger partial charge in [0, 0.05) is 17.8 Å². The normalized spacial score (nSPS) is 19.3. The van der Waals surface area contributed by atoms with Crippen molar-refractivity contribution in [3.05, 3.63) is 23.4 Å². The van der Waals surface area contributed by atoms with Crippen LogP contribution in [0.1, 0.15) is 13.3 Å². The lowest BCUT2D eigenvalue weighted by atomic mass is 10.1. The van der Waals surface area contributed by atoms with Gasteiger partial charge in [0.15, 0.2) is 0 Å². The van der Waals surface area contributed by atoms with Gasteiger partial charge in [0.05, 0.1) is 6.04 Å². The Bertz CT molecular complexity index is 543. The number of pyridine rings is 1. The molecular formula is C13H16ClFN4O2. The number of halogens is 2. The quantitative estimate of drug-likeness (QED) is 0.870. The van der Waals surface area contributed by atoms with E-state index in [0.717, 1.165) is 0 Å². The maximum absolute atomic E-state index is 13.8. The molecule has 0 bridgehead atoms. The van der Waals surface area contributed by atoms with E-state index >= 15 is 0 Å². The Morgan fingerprint density at radius 3 is 3.14 bits per heavy atom. The summed E-state index contributed by atoms with van der Waals surface area (Å²) in [7, 11) is 0. The predicted octanol–water partition coefficient (Wildman–Crippen LogP) is 1.82. The minimum absolute atomic E-state index is 0.205. The molecule has 1 aliphatic rings. The summed E-state index contributed by atoms with van der Waals surface area (Å²) >= 11 is 5.79. The van der Waals surface area contributed by atoms with Crippen molar-refractivity contribution in [3.63, 3.8) is 0 Å². The van der Waals surface area contributed by atoms with Gasteiger partial charge in [0.1, 0.15) is 18.5 Å². The molecule has 1 aliphatic heterocycles. The van der Waals surface area contributed by atoms with Crippen molar-refractivity contribution in [1.82, 2.24) is 15.2 Å². The molecule has 2 heterocycles. The van der Waals surface area contributed by atoms with Gasteiger partial charge < -0.3 is 15.5 Å². The molecule has 8 heteroatoms. The summed E-state index contributed by atoms with van der Waals surface area (Å²) in [4.78, 5) is 28.8. The molecule has 1 aromatic rings. The van der Waals surface area contributed by atoms with Crippen molar-refractivity contribution in [2.75, 3.05) is 18.4 Å². The van der Waals surface area contributed by atoms with E-state index in [-0.39, 0.29) is 25.3 Å². The number of urea groups is 1. The lowest BCUT2D eigenvalue weighted by Gasteiger charge is -2.24. The largest absolute Gasteiger partial charge is 0.336 e. The molecular weight excluding hydrogens is 299 g/mol. The Morgan fingerprint density at radius 2 is 2.48 bits per heavy atom. The molecule has 21 heavy (non-hydrogen) atoms. The van der Waals surface area contributed by atoms with Gasteiger partial charge in [-0.1, -0.05) is 18.5 Å². The fourth-order valence-electron chi connectivity index (χ4n) is 2.15. The second-order valence-electron chi connectivity index (χ2n) is 4.71. The van der Waals surface area contributed by atoms with Crippen LogP contribution in [0.4, 0.5) is 15.0 Å². The van der Waals surface area contributed by atoms with Gasteiger partial charge in [-0.25, -0.2) is 14.2 Å². The summed E-state index contributed by atoms with van der Waals surface area (Å²) < 4.78 is 13.8. The predicted molar refractivity (Wildman–Crippen MR) is 77.0 cm³/mol. The number of amides is 3. The Kier molecular flexibility index (Phi) is 4.95. The molecule has 0 aliphatic carbocycles. The Labute approximate surface area is 126 Å². The smallest absolute Gasteiger partial charge is 0.318 e. The van der Waals surface area contributed by atoms with E-state index in [1.165, 1.54) is 17.2 Å². The van der Waals surface area contributed by atoms with E-state index in [4.69, 9.17) is 11.6 Å². The summed E-state index contributed by atoms with van der Waals surface area (Å²) in [5.74, 6) is -0.161. The van der Waals surface area contributed by atoms with E-state index < -0.39 is 24.2 Å². The third kappa shape index (κ3) is 3.81. The van der Waals surface area contributed by atoms with Crippen molar-refractivity contribution in [2.24, 2.45) is 0 Å². The molecule has 1 saturated heterocycles. The number of hydrogen-bond acceptors (Lipinski definition) is 3. The van der Waals surface area contributed by atoms with Gasteiger partial charge in [0.25, 0.3) is 0 Å². The fourth-order valence-corrected chi connectivity index (χ4v) is 2.31. The highest BCUT2D eigenvalue weighted by atomic mass is 35.5. The van der Waals surface area contributed by atoms with Crippen LogP contribution in [-0.4, -0.2) is 47.1 Å². The summed E-state index contributed by atoms with van der Waals surface area (Å²) in [6.45, 7) is 1.67.